The van der Waals surface area contributed by atoms with Crippen molar-refractivity contribution in [1.29, 1.82) is 0 Å². The third-order valence-electron chi connectivity index (χ3n) is 3.17. The summed E-state index contributed by atoms with van der Waals surface area (Å²) < 4.78 is 32.2. The molecule has 19 heavy (non-hydrogen) atoms. The van der Waals surface area contributed by atoms with Gasteiger partial charge in [0.2, 0.25) is 0 Å². The first-order valence-corrected chi connectivity index (χ1v) is 5.98. The molecule has 0 aliphatic carbocycles. The van der Waals surface area contributed by atoms with Crippen LogP contribution in [0.3, 0.4) is 0 Å². The Morgan fingerprint density at radius 1 is 1.26 bits per heavy atom. The lowest BCUT2D eigenvalue weighted by Gasteiger charge is -2.31. The molecule has 1 N–H and O–H groups in total. The Hall–Kier alpha value is -1.40. The Balaban J connectivity index is 2.87. The van der Waals surface area contributed by atoms with Crippen LogP contribution in [0.15, 0.2) is 0 Å². The summed E-state index contributed by atoms with van der Waals surface area (Å²) in [5, 5.41) is 9.07. The number of rotatable bonds is 2. The number of halogens is 2. The summed E-state index contributed by atoms with van der Waals surface area (Å²) in [6, 6.07) is 0. The Labute approximate surface area is 110 Å². The lowest BCUT2D eigenvalue weighted by atomic mass is 9.81. The van der Waals surface area contributed by atoms with Crippen LogP contribution in [0, 0.1) is 5.41 Å². The van der Waals surface area contributed by atoms with E-state index in [0.29, 0.717) is 6.92 Å². The van der Waals surface area contributed by atoms with Crippen molar-refractivity contribution in [2.75, 3.05) is 13.1 Å². The second-order valence-corrected chi connectivity index (χ2v) is 5.93. The Kier molecular flexibility index (Phi) is 3.80. The number of nitrogens with zero attached hydrogens (tertiary/aromatic N) is 1. The van der Waals surface area contributed by atoms with Crippen molar-refractivity contribution in [3.8, 4) is 0 Å². The van der Waals surface area contributed by atoms with E-state index >= 15 is 0 Å². The van der Waals surface area contributed by atoms with Crippen molar-refractivity contribution in [2.45, 2.75) is 45.6 Å². The minimum absolute atomic E-state index is 0.0509. The van der Waals surface area contributed by atoms with Crippen molar-refractivity contribution in [2.24, 2.45) is 5.41 Å². The molecule has 5 nitrogen and oxygen atoms in total. The van der Waals surface area contributed by atoms with E-state index in [4.69, 9.17) is 9.84 Å². The number of carbonyl (C=O) groups is 2. The highest BCUT2D eigenvalue weighted by molar-refractivity contribution is 5.79. The highest BCUT2D eigenvalue weighted by Crippen LogP contribution is 2.44. The largest absolute Gasteiger partial charge is 0.481 e. The van der Waals surface area contributed by atoms with Crippen LogP contribution in [-0.4, -0.2) is 46.7 Å². The van der Waals surface area contributed by atoms with Gasteiger partial charge in [0.05, 0.1) is 0 Å². The van der Waals surface area contributed by atoms with Gasteiger partial charge in [-0.25, -0.2) is 13.6 Å². The minimum atomic E-state index is -3.41. The van der Waals surface area contributed by atoms with E-state index in [2.05, 4.69) is 0 Å². The first-order chi connectivity index (χ1) is 8.39. The molecule has 0 radical (unpaired) electrons. The summed E-state index contributed by atoms with van der Waals surface area (Å²) in [6.45, 7) is 4.94. The molecular formula is C12H19F2NO4. The highest BCUT2D eigenvalue weighted by Gasteiger charge is 2.60. The fourth-order valence-corrected chi connectivity index (χ4v) is 2.01. The number of alkyl halides is 2. The molecule has 1 atom stereocenters. The molecule has 0 aromatic rings. The van der Waals surface area contributed by atoms with Crippen LogP contribution in [0.25, 0.3) is 0 Å². The topological polar surface area (TPSA) is 66.8 Å². The molecule has 1 aliphatic heterocycles. The van der Waals surface area contributed by atoms with Crippen LogP contribution in [0.5, 0.6) is 0 Å². The molecule has 1 heterocycles. The summed E-state index contributed by atoms with van der Waals surface area (Å²) in [5.74, 6) is -5.00. The maximum atomic E-state index is 13.5. The van der Waals surface area contributed by atoms with Gasteiger partial charge >= 0.3 is 12.1 Å². The zero-order valence-corrected chi connectivity index (χ0v) is 11.5. The van der Waals surface area contributed by atoms with E-state index in [1.807, 2.05) is 0 Å². The van der Waals surface area contributed by atoms with Gasteiger partial charge in [-0.05, 0) is 27.2 Å². The molecule has 1 amide bonds. The monoisotopic (exact) mass is 279 g/mol. The smallest absolute Gasteiger partial charge is 0.410 e. The van der Waals surface area contributed by atoms with Gasteiger partial charge in [0.1, 0.15) is 11.0 Å². The van der Waals surface area contributed by atoms with Gasteiger partial charge in [0, 0.05) is 20.0 Å². The van der Waals surface area contributed by atoms with Crippen molar-refractivity contribution in [3.05, 3.63) is 0 Å². The predicted octanol–water partition coefficient (Wildman–Crippen LogP) is 2.35. The number of aliphatic carboxylic acids is 1. The van der Waals surface area contributed by atoms with Crippen LogP contribution >= 0.6 is 0 Å². The van der Waals surface area contributed by atoms with Crippen molar-refractivity contribution >= 4 is 12.1 Å². The van der Waals surface area contributed by atoms with E-state index in [-0.39, 0.29) is 13.0 Å². The third kappa shape index (κ3) is 3.13. The Morgan fingerprint density at radius 2 is 1.79 bits per heavy atom. The van der Waals surface area contributed by atoms with Gasteiger partial charge in [-0.1, -0.05) is 0 Å². The van der Waals surface area contributed by atoms with Crippen molar-refractivity contribution in [3.63, 3.8) is 0 Å². The number of carboxylic acids is 1. The Morgan fingerprint density at radius 3 is 2.11 bits per heavy atom. The zero-order valence-electron chi connectivity index (χ0n) is 11.5. The van der Waals surface area contributed by atoms with Gasteiger partial charge in [0.25, 0.3) is 5.92 Å². The summed E-state index contributed by atoms with van der Waals surface area (Å²) in [5.41, 5.74) is -2.98. The number of hydrogen-bond donors (Lipinski definition) is 1. The van der Waals surface area contributed by atoms with Gasteiger partial charge in [-0.15, -0.1) is 0 Å². The molecular weight excluding hydrogens is 260 g/mol. The van der Waals surface area contributed by atoms with E-state index in [1.165, 1.54) is 0 Å². The molecule has 0 aromatic carbocycles. The van der Waals surface area contributed by atoms with Crippen molar-refractivity contribution < 1.29 is 28.2 Å². The molecule has 1 unspecified atom stereocenters. The van der Waals surface area contributed by atoms with Crippen LogP contribution in [0.2, 0.25) is 0 Å². The fraction of sp³-hybridized carbons (Fsp3) is 0.833. The fourth-order valence-electron chi connectivity index (χ4n) is 2.01. The van der Waals surface area contributed by atoms with Gasteiger partial charge < -0.3 is 14.7 Å². The lowest BCUT2D eigenvalue weighted by molar-refractivity contribution is -0.172. The summed E-state index contributed by atoms with van der Waals surface area (Å²) in [7, 11) is 0. The van der Waals surface area contributed by atoms with Crippen LogP contribution in [-0.2, 0) is 9.53 Å². The van der Waals surface area contributed by atoms with E-state index in [9.17, 15) is 18.4 Å². The number of carboxylic acid groups (broad SMARTS) is 1. The molecule has 1 aliphatic rings. The molecule has 0 saturated carbocycles. The first kappa shape index (κ1) is 15.7. The number of amides is 1. The summed E-state index contributed by atoms with van der Waals surface area (Å²) >= 11 is 0. The number of hydrogen-bond acceptors (Lipinski definition) is 3. The third-order valence-corrected chi connectivity index (χ3v) is 3.17. The van der Waals surface area contributed by atoms with Gasteiger partial charge in [0.15, 0.2) is 0 Å². The van der Waals surface area contributed by atoms with E-state index < -0.39 is 35.5 Å². The quantitative estimate of drug-likeness (QED) is 0.842. The predicted molar refractivity (Wildman–Crippen MR) is 63.1 cm³/mol. The molecule has 110 valence electrons. The average molecular weight is 279 g/mol. The molecule has 1 rings (SSSR count). The van der Waals surface area contributed by atoms with Crippen LogP contribution in [0.4, 0.5) is 13.6 Å². The second-order valence-electron chi connectivity index (χ2n) is 5.93. The molecule has 1 fully saturated rings. The molecule has 0 bridgehead atoms. The number of likely N-dealkylation sites (tertiary alicyclic amines) is 1. The second kappa shape index (κ2) is 4.61. The SMILES string of the molecule is CC(C)(C)OC(=O)N1CCC(C(=O)O)(C(C)(F)F)C1. The molecule has 1 saturated heterocycles. The van der Waals surface area contributed by atoms with Crippen molar-refractivity contribution in [1.82, 2.24) is 4.90 Å². The molecule has 0 spiro atoms. The minimum Gasteiger partial charge on any atom is -0.481 e. The standard InChI is InChI=1S/C12H19F2NO4/c1-10(2,3)19-9(18)15-6-5-12(7-15,8(16)17)11(4,13)14/h5-7H2,1-4H3,(H,16,17). The average Bonchev–Trinajstić information content (AvgIpc) is 2.58. The maximum Gasteiger partial charge on any atom is 0.410 e. The zero-order chi connectivity index (χ0) is 15.1. The first-order valence-electron chi connectivity index (χ1n) is 5.98. The van der Waals surface area contributed by atoms with Gasteiger partial charge in [-0.2, -0.15) is 0 Å². The summed E-state index contributed by atoms with van der Waals surface area (Å²) in [6.07, 6.45) is -1.05. The molecule has 7 heteroatoms. The normalized spacial score (nSPS) is 24.4. The molecule has 0 aromatic heterocycles. The lowest BCUT2D eigenvalue weighted by Crippen LogP contribution is -2.48. The van der Waals surface area contributed by atoms with Crippen LogP contribution < -0.4 is 0 Å². The van der Waals surface area contributed by atoms with Gasteiger partial charge in [-0.3, -0.25) is 4.79 Å². The van der Waals surface area contributed by atoms with Crippen LogP contribution in [0.1, 0.15) is 34.1 Å². The number of ether oxygens (including phenoxy) is 1. The van der Waals surface area contributed by atoms with E-state index in [0.717, 1.165) is 4.90 Å². The number of carbonyl (C=O) groups excluding carboxylic acids is 1. The highest BCUT2D eigenvalue weighted by atomic mass is 19.3. The van der Waals surface area contributed by atoms with E-state index in [1.54, 1.807) is 20.8 Å². The Bertz CT molecular complexity index is 386. The summed E-state index contributed by atoms with van der Waals surface area (Å²) in [4.78, 5) is 24.0. The maximum absolute atomic E-state index is 13.5.